The summed E-state index contributed by atoms with van der Waals surface area (Å²) in [6, 6.07) is 0. The van der Waals surface area contributed by atoms with Crippen molar-refractivity contribution in [2.24, 2.45) is 0 Å². The van der Waals surface area contributed by atoms with Gasteiger partial charge in [0.2, 0.25) is 0 Å². The first-order chi connectivity index (χ1) is 6.57. The molecule has 78 valence electrons. The van der Waals surface area contributed by atoms with Crippen LogP contribution < -0.4 is 0 Å². The molecule has 0 saturated heterocycles. The quantitative estimate of drug-likeness (QED) is 0.504. The van der Waals surface area contributed by atoms with E-state index in [1.165, 1.54) is 6.08 Å². The first-order valence-corrected chi connectivity index (χ1v) is 4.35. The monoisotopic (exact) mass is 198 g/mol. The number of allylic oxidation sites excluding steroid dienone is 3. The molecule has 4 heteroatoms. The minimum Gasteiger partial charge on any atom is -0.481 e. The summed E-state index contributed by atoms with van der Waals surface area (Å²) in [5, 5.41) is 17.1. The second kappa shape index (κ2) is 6.88. The van der Waals surface area contributed by atoms with Crippen LogP contribution in [0.25, 0.3) is 0 Å². The third-order valence-corrected chi connectivity index (χ3v) is 1.60. The lowest BCUT2D eigenvalue weighted by molar-refractivity contribution is -0.137. The summed E-state index contributed by atoms with van der Waals surface area (Å²) in [4.78, 5) is 20.8. The molecule has 0 aromatic rings. The molecule has 0 radical (unpaired) electrons. The number of aliphatic carboxylic acids is 2. The molecule has 0 aliphatic rings. The van der Waals surface area contributed by atoms with Crippen molar-refractivity contribution in [3.05, 3.63) is 23.8 Å². The first kappa shape index (κ1) is 12.4. The lowest BCUT2D eigenvalue weighted by Gasteiger charge is -1.98. The largest absolute Gasteiger partial charge is 0.481 e. The molecule has 0 fully saturated rings. The van der Waals surface area contributed by atoms with Gasteiger partial charge in [-0.05, 0) is 19.8 Å². The molecule has 0 rings (SSSR count). The maximum Gasteiger partial charge on any atom is 0.331 e. The Kier molecular flexibility index (Phi) is 6.11. The van der Waals surface area contributed by atoms with E-state index in [0.717, 1.165) is 0 Å². The summed E-state index contributed by atoms with van der Waals surface area (Å²) >= 11 is 0. The van der Waals surface area contributed by atoms with Crippen LogP contribution in [0.5, 0.6) is 0 Å². The minimum atomic E-state index is -0.992. The fourth-order valence-electron chi connectivity index (χ4n) is 0.904. The van der Waals surface area contributed by atoms with Crippen molar-refractivity contribution < 1.29 is 19.8 Å². The summed E-state index contributed by atoms with van der Waals surface area (Å²) in [5.41, 5.74) is 0.240. The topological polar surface area (TPSA) is 74.6 Å². The fraction of sp³-hybridized carbons (Fsp3) is 0.400. The van der Waals surface area contributed by atoms with E-state index in [1.807, 2.05) is 0 Å². The molecule has 0 aromatic carbocycles. The van der Waals surface area contributed by atoms with Gasteiger partial charge in [-0.3, -0.25) is 4.79 Å². The molecule has 0 bridgehead atoms. The highest BCUT2D eigenvalue weighted by Gasteiger charge is 2.06. The van der Waals surface area contributed by atoms with Gasteiger partial charge in [0.1, 0.15) is 0 Å². The fourth-order valence-corrected chi connectivity index (χ4v) is 0.904. The SMILES string of the molecule is CC=CC=C(CCCC(=O)O)C(=O)O. The summed E-state index contributed by atoms with van der Waals surface area (Å²) in [6.45, 7) is 1.78. The predicted octanol–water partition coefficient (Wildman–Crippen LogP) is 1.83. The van der Waals surface area contributed by atoms with E-state index in [4.69, 9.17) is 10.2 Å². The Labute approximate surface area is 82.6 Å². The van der Waals surface area contributed by atoms with E-state index >= 15 is 0 Å². The van der Waals surface area contributed by atoms with Crippen LogP contribution in [-0.2, 0) is 9.59 Å². The van der Waals surface area contributed by atoms with Crippen LogP contribution in [0.15, 0.2) is 23.8 Å². The summed E-state index contributed by atoms with van der Waals surface area (Å²) in [7, 11) is 0. The summed E-state index contributed by atoms with van der Waals surface area (Å²) in [6.07, 6.45) is 5.48. The van der Waals surface area contributed by atoms with Gasteiger partial charge in [0.15, 0.2) is 0 Å². The molecular formula is C10H14O4. The van der Waals surface area contributed by atoms with Gasteiger partial charge >= 0.3 is 11.9 Å². The van der Waals surface area contributed by atoms with Crippen molar-refractivity contribution in [1.29, 1.82) is 0 Å². The maximum absolute atomic E-state index is 10.6. The number of hydrogen-bond donors (Lipinski definition) is 2. The molecule has 14 heavy (non-hydrogen) atoms. The lowest BCUT2D eigenvalue weighted by atomic mass is 10.1. The van der Waals surface area contributed by atoms with Gasteiger partial charge in [-0.15, -0.1) is 0 Å². The average molecular weight is 198 g/mol. The molecule has 0 aromatic heterocycles. The molecule has 0 aliphatic heterocycles. The number of carboxylic acid groups (broad SMARTS) is 2. The molecule has 0 saturated carbocycles. The zero-order valence-electron chi connectivity index (χ0n) is 8.06. The van der Waals surface area contributed by atoms with Crippen molar-refractivity contribution in [2.45, 2.75) is 26.2 Å². The third-order valence-electron chi connectivity index (χ3n) is 1.60. The highest BCUT2D eigenvalue weighted by Crippen LogP contribution is 2.08. The molecule has 0 atom stereocenters. The minimum absolute atomic E-state index is 0.000456. The van der Waals surface area contributed by atoms with Gasteiger partial charge in [0, 0.05) is 12.0 Å². The second-order valence-corrected chi connectivity index (χ2v) is 2.77. The molecular weight excluding hydrogens is 184 g/mol. The Hall–Kier alpha value is -1.58. The zero-order valence-corrected chi connectivity index (χ0v) is 8.06. The summed E-state index contributed by atoms with van der Waals surface area (Å²) in [5.74, 6) is -1.89. The predicted molar refractivity (Wildman–Crippen MR) is 52.0 cm³/mol. The molecule has 0 unspecified atom stereocenters. The van der Waals surface area contributed by atoms with Crippen molar-refractivity contribution in [3.63, 3.8) is 0 Å². The van der Waals surface area contributed by atoms with Crippen LogP contribution in [0, 0.1) is 0 Å². The van der Waals surface area contributed by atoms with Gasteiger partial charge in [0.25, 0.3) is 0 Å². The Bertz CT molecular complexity index is 263. The van der Waals surface area contributed by atoms with Crippen molar-refractivity contribution in [3.8, 4) is 0 Å². The van der Waals surface area contributed by atoms with E-state index in [1.54, 1.807) is 19.1 Å². The molecule has 0 spiro atoms. The van der Waals surface area contributed by atoms with Gasteiger partial charge in [-0.25, -0.2) is 4.79 Å². The van der Waals surface area contributed by atoms with Gasteiger partial charge in [0.05, 0.1) is 0 Å². The summed E-state index contributed by atoms with van der Waals surface area (Å²) < 4.78 is 0. The van der Waals surface area contributed by atoms with E-state index in [-0.39, 0.29) is 18.4 Å². The molecule has 0 amide bonds. The van der Waals surface area contributed by atoms with Crippen LogP contribution in [0.1, 0.15) is 26.2 Å². The Morgan fingerprint density at radius 1 is 1.21 bits per heavy atom. The van der Waals surface area contributed by atoms with Crippen LogP contribution in [-0.4, -0.2) is 22.2 Å². The van der Waals surface area contributed by atoms with Gasteiger partial charge < -0.3 is 10.2 Å². The third kappa shape index (κ3) is 5.99. The number of carbonyl (C=O) groups is 2. The Morgan fingerprint density at radius 2 is 1.86 bits per heavy atom. The van der Waals surface area contributed by atoms with E-state index in [0.29, 0.717) is 6.42 Å². The molecule has 4 nitrogen and oxygen atoms in total. The Balaban J connectivity index is 4.11. The first-order valence-electron chi connectivity index (χ1n) is 4.35. The van der Waals surface area contributed by atoms with Crippen molar-refractivity contribution in [2.75, 3.05) is 0 Å². The standard InChI is InChI=1S/C10H14O4/c1-2-3-5-8(10(13)14)6-4-7-9(11)12/h2-3,5H,4,6-7H2,1H3,(H,11,12)(H,13,14). The molecule has 0 heterocycles. The van der Waals surface area contributed by atoms with Crippen molar-refractivity contribution >= 4 is 11.9 Å². The lowest BCUT2D eigenvalue weighted by Crippen LogP contribution is -2.02. The van der Waals surface area contributed by atoms with Crippen LogP contribution >= 0.6 is 0 Å². The zero-order chi connectivity index (χ0) is 11.0. The highest BCUT2D eigenvalue weighted by atomic mass is 16.4. The van der Waals surface area contributed by atoms with Crippen LogP contribution in [0.2, 0.25) is 0 Å². The molecule has 2 N–H and O–H groups in total. The maximum atomic E-state index is 10.6. The normalized spacial score (nSPS) is 11.9. The highest BCUT2D eigenvalue weighted by molar-refractivity contribution is 5.86. The van der Waals surface area contributed by atoms with Crippen LogP contribution in [0.4, 0.5) is 0 Å². The Morgan fingerprint density at radius 3 is 2.29 bits per heavy atom. The van der Waals surface area contributed by atoms with Crippen molar-refractivity contribution in [1.82, 2.24) is 0 Å². The molecule has 0 aliphatic carbocycles. The average Bonchev–Trinajstić information content (AvgIpc) is 2.09. The number of rotatable bonds is 6. The second-order valence-electron chi connectivity index (χ2n) is 2.77. The van der Waals surface area contributed by atoms with Gasteiger partial charge in [-0.2, -0.15) is 0 Å². The smallest absolute Gasteiger partial charge is 0.331 e. The van der Waals surface area contributed by atoms with E-state index < -0.39 is 11.9 Å². The van der Waals surface area contributed by atoms with Crippen LogP contribution in [0.3, 0.4) is 0 Å². The van der Waals surface area contributed by atoms with E-state index in [9.17, 15) is 9.59 Å². The number of hydrogen-bond acceptors (Lipinski definition) is 2. The van der Waals surface area contributed by atoms with E-state index in [2.05, 4.69) is 0 Å². The van der Waals surface area contributed by atoms with Gasteiger partial charge in [-0.1, -0.05) is 18.2 Å². The number of carboxylic acids is 2.